The standard InChI is InChI=1S/C18H20N2O3/c1-13-5-10-16(23-13)12-19(2)18(22)14-6-8-15(9-7-14)20-11-3-4-17(20)21/h5-10H,3-4,11-12H2,1-2H3. The van der Waals surface area contributed by atoms with Crippen molar-refractivity contribution in [3.63, 3.8) is 0 Å². The lowest BCUT2D eigenvalue weighted by Crippen LogP contribution is -2.26. The summed E-state index contributed by atoms with van der Waals surface area (Å²) in [6, 6.07) is 11.0. The maximum atomic E-state index is 12.5. The first kappa shape index (κ1) is 15.3. The highest BCUT2D eigenvalue weighted by Crippen LogP contribution is 2.22. The third kappa shape index (κ3) is 3.28. The summed E-state index contributed by atoms with van der Waals surface area (Å²) in [6.45, 7) is 3.06. The number of anilines is 1. The number of benzene rings is 1. The molecule has 23 heavy (non-hydrogen) atoms. The third-order valence-corrected chi connectivity index (χ3v) is 4.04. The van der Waals surface area contributed by atoms with Crippen LogP contribution in [0.3, 0.4) is 0 Å². The highest BCUT2D eigenvalue weighted by molar-refractivity contribution is 5.97. The van der Waals surface area contributed by atoms with Gasteiger partial charge in [0.1, 0.15) is 11.5 Å². The topological polar surface area (TPSA) is 53.8 Å². The molecule has 5 nitrogen and oxygen atoms in total. The summed E-state index contributed by atoms with van der Waals surface area (Å²) >= 11 is 0. The lowest BCUT2D eigenvalue weighted by Gasteiger charge is -2.18. The van der Waals surface area contributed by atoms with Gasteiger partial charge in [-0.2, -0.15) is 0 Å². The van der Waals surface area contributed by atoms with Crippen LogP contribution in [0, 0.1) is 6.92 Å². The fourth-order valence-corrected chi connectivity index (χ4v) is 2.80. The van der Waals surface area contributed by atoms with E-state index in [9.17, 15) is 9.59 Å². The van der Waals surface area contributed by atoms with E-state index < -0.39 is 0 Å². The molecular weight excluding hydrogens is 292 g/mol. The molecule has 1 saturated heterocycles. The summed E-state index contributed by atoms with van der Waals surface area (Å²) in [7, 11) is 1.75. The molecule has 1 aromatic carbocycles. The molecule has 0 N–H and O–H groups in total. The van der Waals surface area contributed by atoms with Crippen molar-refractivity contribution >= 4 is 17.5 Å². The Hall–Kier alpha value is -2.56. The van der Waals surface area contributed by atoms with Gasteiger partial charge in [-0.1, -0.05) is 0 Å². The van der Waals surface area contributed by atoms with E-state index in [4.69, 9.17) is 4.42 Å². The van der Waals surface area contributed by atoms with Gasteiger partial charge in [-0.05, 0) is 49.7 Å². The van der Waals surface area contributed by atoms with Gasteiger partial charge in [-0.3, -0.25) is 9.59 Å². The fraction of sp³-hybridized carbons (Fsp3) is 0.333. The van der Waals surface area contributed by atoms with Crippen molar-refractivity contribution < 1.29 is 14.0 Å². The number of furan rings is 1. The molecule has 0 saturated carbocycles. The first-order valence-electron chi connectivity index (χ1n) is 7.76. The van der Waals surface area contributed by atoms with Crippen molar-refractivity contribution in [2.75, 3.05) is 18.5 Å². The van der Waals surface area contributed by atoms with Gasteiger partial charge in [-0.15, -0.1) is 0 Å². The molecule has 2 aromatic rings. The molecule has 1 aromatic heterocycles. The van der Waals surface area contributed by atoms with E-state index in [2.05, 4.69) is 0 Å². The van der Waals surface area contributed by atoms with Gasteiger partial charge in [0.05, 0.1) is 6.54 Å². The molecule has 5 heteroatoms. The molecule has 0 spiro atoms. The van der Waals surface area contributed by atoms with Crippen LogP contribution in [0.15, 0.2) is 40.8 Å². The van der Waals surface area contributed by atoms with Gasteiger partial charge >= 0.3 is 0 Å². The summed E-state index contributed by atoms with van der Waals surface area (Å²) in [5, 5.41) is 0. The molecule has 2 heterocycles. The first-order chi connectivity index (χ1) is 11.0. The van der Waals surface area contributed by atoms with Gasteiger partial charge < -0.3 is 14.2 Å². The van der Waals surface area contributed by atoms with Crippen molar-refractivity contribution in [2.45, 2.75) is 26.3 Å². The largest absolute Gasteiger partial charge is 0.464 e. The lowest BCUT2D eigenvalue weighted by atomic mass is 10.1. The maximum Gasteiger partial charge on any atom is 0.254 e. The Morgan fingerprint density at radius 3 is 2.52 bits per heavy atom. The zero-order valence-corrected chi connectivity index (χ0v) is 13.4. The predicted molar refractivity (Wildman–Crippen MR) is 87.3 cm³/mol. The average Bonchev–Trinajstić information content (AvgIpc) is 3.15. The number of hydrogen-bond acceptors (Lipinski definition) is 3. The number of amides is 2. The molecular formula is C18H20N2O3. The SMILES string of the molecule is Cc1ccc(CN(C)C(=O)c2ccc(N3CCCC3=O)cc2)o1. The summed E-state index contributed by atoms with van der Waals surface area (Å²) in [5.74, 6) is 1.67. The summed E-state index contributed by atoms with van der Waals surface area (Å²) in [6.07, 6.45) is 1.50. The van der Waals surface area contributed by atoms with Gasteiger partial charge in [0, 0.05) is 31.3 Å². The summed E-state index contributed by atoms with van der Waals surface area (Å²) in [5.41, 5.74) is 1.46. The van der Waals surface area contributed by atoms with Crippen LogP contribution in [0.4, 0.5) is 5.69 Å². The molecule has 2 amide bonds. The number of rotatable bonds is 4. The predicted octanol–water partition coefficient (Wildman–Crippen LogP) is 2.99. The van der Waals surface area contributed by atoms with E-state index >= 15 is 0 Å². The first-order valence-corrected chi connectivity index (χ1v) is 7.76. The number of carbonyl (C=O) groups is 2. The Morgan fingerprint density at radius 1 is 1.22 bits per heavy atom. The maximum absolute atomic E-state index is 12.5. The zero-order chi connectivity index (χ0) is 16.4. The van der Waals surface area contributed by atoms with E-state index in [0.717, 1.165) is 30.2 Å². The lowest BCUT2D eigenvalue weighted by molar-refractivity contribution is -0.117. The third-order valence-electron chi connectivity index (χ3n) is 4.04. The monoisotopic (exact) mass is 312 g/mol. The molecule has 3 rings (SSSR count). The van der Waals surface area contributed by atoms with Crippen molar-refractivity contribution in [3.05, 3.63) is 53.5 Å². The quantitative estimate of drug-likeness (QED) is 0.872. The second-order valence-corrected chi connectivity index (χ2v) is 5.87. The van der Waals surface area contributed by atoms with Gasteiger partial charge in [0.2, 0.25) is 5.91 Å². The van der Waals surface area contributed by atoms with E-state index in [1.54, 1.807) is 29.0 Å². The second-order valence-electron chi connectivity index (χ2n) is 5.87. The van der Waals surface area contributed by atoms with Crippen molar-refractivity contribution in [2.24, 2.45) is 0 Å². The molecule has 1 fully saturated rings. The zero-order valence-electron chi connectivity index (χ0n) is 13.4. The minimum Gasteiger partial charge on any atom is -0.464 e. The van der Waals surface area contributed by atoms with E-state index in [1.807, 2.05) is 31.2 Å². The molecule has 0 aliphatic carbocycles. The Balaban J connectivity index is 1.68. The van der Waals surface area contributed by atoms with Crippen molar-refractivity contribution in [1.82, 2.24) is 4.90 Å². The van der Waals surface area contributed by atoms with Crippen LogP contribution >= 0.6 is 0 Å². The Morgan fingerprint density at radius 2 is 1.96 bits per heavy atom. The van der Waals surface area contributed by atoms with Crippen LogP contribution in [0.25, 0.3) is 0 Å². The van der Waals surface area contributed by atoms with Crippen LogP contribution in [-0.2, 0) is 11.3 Å². The van der Waals surface area contributed by atoms with Gasteiger partial charge in [0.15, 0.2) is 0 Å². The minimum absolute atomic E-state index is 0.0710. The summed E-state index contributed by atoms with van der Waals surface area (Å²) < 4.78 is 5.50. The minimum atomic E-state index is -0.0710. The highest BCUT2D eigenvalue weighted by atomic mass is 16.3. The van der Waals surface area contributed by atoms with Gasteiger partial charge in [-0.25, -0.2) is 0 Å². The molecule has 0 radical (unpaired) electrons. The smallest absolute Gasteiger partial charge is 0.254 e. The average molecular weight is 312 g/mol. The van der Waals surface area contributed by atoms with E-state index in [1.165, 1.54) is 0 Å². The van der Waals surface area contributed by atoms with Crippen LogP contribution in [0.2, 0.25) is 0 Å². The molecule has 1 aliphatic heterocycles. The number of hydrogen-bond donors (Lipinski definition) is 0. The molecule has 1 aliphatic rings. The normalized spacial score (nSPS) is 14.3. The van der Waals surface area contributed by atoms with E-state index in [0.29, 0.717) is 18.5 Å². The summed E-state index contributed by atoms with van der Waals surface area (Å²) in [4.78, 5) is 27.6. The van der Waals surface area contributed by atoms with Crippen molar-refractivity contribution in [3.8, 4) is 0 Å². The Kier molecular flexibility index (Phi) is 4.19. The Bertz CT molecular complexity index is 718. The fourth-order valence-electron chi connectivity index (χ4n) is 2.80. The van der Waals surface area contributed by atoms with Crippen molar-refractivity contribution in [1.29, 1.82) is 0 Å². The molecule has 120 valence electrons. The number of carbonyl (C=O) groups excluding carboxylic acids is 2. The molecule has 0 bridgehead atoms. The van der Waals surface area contributed by atoms with Gasteiger partial charge in [0.25, 0.3) is 5.91 Å². The number of aryl methyl sites for hydroxylation is 1. The molecule has 0 unspecified atom stereocenters. The Labute approximate surface area is 135 Å². The van der Waals surface area contributed by atoms with Crippen LogP contribution < -0.4 is 4.90 Å². The van der Waals surface area contributed by atoms with Crippen LogP contribution in [-0.4, -0.2) is 30.3 Å². The highest BCUT2D eigenvalue weighted by Gasteiger charge is 2.22. The van der Waals surface area contributed by atoms with Crippen LogP contribution in [0.5, 0.6) is 0 Å². The molecule has 0 atom stereocenters. The second kappa shape index (κ2) is 6.28. The number of nitrogens with zero attached hydrogens (tertiary/aromatic N) is 2. The van der Waals surface area contributed by atoms with E-state index in [-0.39, 0.29) is 11.8 Å². The van der Waals surface area contributed by atoms with Crippen LogP contribution in [0.1, 0.15) is 34.7 Å².